The van der Waals surface area contributed by atoms with Crippen molar-refractivity contribution in [1.82, 2.24) is 9.97 Å². The monoisotopic (exact) mass is 441 g/mol. The Hall–Kier alpha value is -3.65. The van der Waals surface area contributed by atoms with Crippen LogP contribution in [-0.4, -0.2) is 28.4 Å². The summed E-state index contributed by atoms with van der Waals surface area (Å²) in [5, 5.41) is 5.89. The van der Waals surface area contributed by atoms with Crippen molar-refractivity contribution in [2.75, 3.05) is 23.1 Å². The molecule has 3 aromatic rings. The van der Waals surface area contributed by atoms with E-state index in [0.29, 0.717) is 35.2 Å². The summed E-state index contributed by atoms with van der Waals surface area (Å²) in [5.41, 5.74) is 7.01. The second-order valence-corrected chi connectivity index (χ2v) is 6.82. The quantitative estimate of drug-likeness (QED) is 0.241. The minimum atomic E-state index is -0.671. The largest absolute Gasteiger partial charge is 0.494 e. The van der Waals surface area contributed by atoms with Crippen LogP contribution in [0.15, 0.2) is 61.3 Å². The molecule has 1 amide bonds. The van der Waals surface area contributed by atoms with E-state index in [9.17, 15) is 9.18 Å². The van der Waals surface area contributed by atoms with Gasteiger partial charge >= 0.3 is 0 Å². The highest BCUT2D eigenvalue weighted by Gasteiger charge is 2.13. The Bertz CT molecular complexity index is 1080. The summed E-state index contributed by atoms with van der Waals surface area (Å²) in [4.78, 5) is 19.7. The summed E-state index contributed by atoms with van der Waals surface area (Å²) in [5.74, 6) is 0.0420. The predicted molar refractivity (Wildman–Crippen MR) is 120 cm³/mol. The number of hydrogen-bond donors (Lipinski definition) is 3. The molecule has 0 radical (unpaired) electrons. The molecule has 0 saturated carbocycles. The number of carbonyl (C=O) groups is 1. The average Bonchev–Trinajstić information content (AvgIpc) is 2.77. The molecule has 0 unspecified atom stereocenters. The molecule has 160 valence electrons. The number of alkyl halides is 1. The van der Waals surface area contributed by atoms with Gasteiger partial charge in [-0.3, -0.25) is 4.79 Å². The Morgan fingerprint density at radius 1 is 1.16 bits per heavy atom. The van der Waals surface area contributed by atoms with Crippen LogP contribution >= 0.6 is 11.6 Å². The van der Waals surface area contributed by atoms with Crippen LogP contribution in [0.3, 0.4) is 0 Å². The van der Waals surface area contributed by atoms with Crippen LogP contribution < -0.4 is 21.1 Å². The van der Waals surface area contributed by atoms with Crippen LogP contribution in [0.25, 0.3) is 5.57 Å². The number of halogens is 2. The van der Waals surface area contributed by atoms with Crippen LogP contribution in [0, 0.1) is 5.82 Å². The first kappa shape index (κ1) is 22.0. The van der Waals surface area contributed by atoms with Gasteiger partial charge in [0.2, 0.25) is 11.9 Å². The normalized spacial score (nSPS) is 10.4. The van der Waals surface area contributed by atoms with Gasteiger partial charge in [0.25, 0.3) is 0 Å². The van der Waals surface area contributed by atoms with Crippen LogP contribution in [0.4, 0.5) is 27.5 Å². The van der Waals surface area contributed by atoms with Crippen molar-refractivity contribution < 1.29 is 13.9 Å². The number of nitrogens with two attached hydrogens (primary N) is 1. The van der Waals surface area contributed by atoms with E-state index in [1.165, 1.54) is 0 Å². The lowest BCUT2D eigenvalue weighted by Gasteiger charge is -2.13. The minimum absolute atomic E-state index is 0.0664. The van der Waals surface area contributed by atoms with E-state index >= 15 is 0 Å². The smallest absolute Gasteiger partial charge is 0.248 e. The van der Waals surface area contributed by atoms with Crippen molar-refractivity contribution in [3.05, 3.63) is 72.7 Å². The minimum Gasteiger partial charge on any atom is -0.494 e. The fraction of sp³-hybridized carbons (Fsp3) is 0.136. The van der Waals surface area contributed by atoms with Gasteiger partial charge in [-0.1, -0.05) is 24.8 Å². The van der Waals surface area contributed by atoms with E-state index in [0.717, 1.165) is 12.6 Å². The molecule has 0 bridgehead atoms. The molecule has 1 heterocycles. The molecule has 0 saturated heterocycles. The number of aromatic nitrogens is 2. The first-order valence-corrected chi connectivity index (χ1v) is 9.95. The lowest BCUT2D eigenvalue weighted by Crippen LogP contribution is -2.13. The van der Waals surface area contributed by atoms with Gasteiger partial charge in [0.15, 0.2) is 11.6 Å². The van der Waals surface area contributed by atoms with E-state index in [1.54, 1.807) is 48.5 Å². The van der Waals surface area contributed by atoms with E-state index in [2.05, 4.69) is 27.2 Å². The van der Waals surface area contributed by atoms with Crippen molar-refractivity contribution in [3.63, 3.8) is 0 Å². The zero-order valence-corrected chi connectivity index (χ0v) is 17.3. The Morgan fingerprint density at radius 2 is 1.90 bits per heavy atom. The van der Waals surface area contributed by atoms with Crippen molar-refractivity contribution in [2.45, 2.75) is 6.42 Å². The summed E-state index contributed by atoms with van der Waals surface area (Å²) < 4.78 is 19.9. The van der Waals surface area contributed by atoms with E-state index in [1.807, 2.05) is 0 Å². The summed E-state index contributed by atoms with van der Waals surface area (Å²) in [6, 6.07) is 14.0. The number of primary amides is 1. The van der Waals surface area contributed by atoms with Crippen molar-refractivity contribution in [3.8, 4) is 5.75 Å². The molecule has 0 aliphatic carbocycles. The van der Waals surface area contributed by atoms with Crippen molar-refractivity contribution in [1.29, 1.82) is 0 Å². The highest BCUT2D eigenvalue weighted by Crippen LogP contribution is 2.27. The molecule has 0 aliphatic rings. The molecule has 1 aromatic heterocycles. The van der Waals surface area contributed by atoms with Gasteiger partial charge in [-0.15, -0.1) is 11.6 Å². The average molecular weight is 442 g/mol. The van der Waals surface area contributed by atoms with Gasteiger partial charge in [0.1, 0.15) is 5.75 Å². The molecule has 31 heavy (non-hydrogen) atoms. The highest BCUT2D eigenvalue weighted by atomic mass is 35.5. The maximum absolute atomic E-state index is 14.3. The molecule has 4 N–H and O–H groups in total. The number of nitrogens with zero attached hydrogens (tertiary/aromatic N) is 2. The number of nitrogens with one attached hydrogen (secondary N) is 2. The molecular weight excluding hydrogens is 421 g/mol. The number of benzene rings is 2. The summed E-state index contributed by atoms with van der Waals surface area (Å²) in [6.45, 7) is 4.22. The molecule has 0 spiro atoms. The van der Waals surface area contributed by atoms with Crippen molar-refractivity contribution in [2.24, 2.45) is 5.73 Å². The number of amides is 1. The predicted octanol–water partition coefficient (Wildman–Crippen LogP) is 4.61. The van der Waals surface area contributed by atoms with Gasteiger partial charge < -0.3 is 21.1 Å². The van der Waals surface area contributed by atoms with Gasteiger partial charge in [-0.05, 0) is 36.8 Å². The fourth-order valence-electron chi connectivity index (χ4n) is 2.64. The third kappa shape index (κ3) is 5.93. The van der Waals surface area contributed by atoms with Crippen molar-refractivity contribution >= 4 is 46.2 Å². The molecule has 9 heteroatoms. The number of rotatable bonds is 10. The van der Waals surface area contributed by atoms with Crippen LogP contribution in [0.1, 0.15) is 12.0 Å². The second-order valence-electron chi connectivity index (χ2n) is 6.44. The molecule has 0 fully saturated rings. The van der Waals surface area contributed by atoms with Gasteiger partial charge in [0, 0.05) is 28.4 Å². The summed E-state index contributed by atoms with van der Waals surface area (Å²) in [7, 11) is 0. The van der Waals surface area contributed by atoms with E-state index in [-0.39, 0.29) is 17.3 Å². The molecule has 3 rings (SSSR count). The Kier molecular flexibility index (Phi) is 7.40. The maximum Gasteiger partial charge on any atom is 0.248 e. The topological polar surface area (TPSA) is 102 Å². The number of anilines is 4. The number of ether oxygens (including phenoxy) is 1. The summed E-state index contributed by atoms with van der Waals surface area (Å²) in [6.07, 6.45) is 1.81. The Labute approximate surface area is 184 Å². The van der Waals surface area contributed by atoms with Crippen LogP contribution in [0.2, 0.25) is 0 Å². The number of carbonyl (C=O) groups excluding carboxylic acids is 1. The standard InChI is InChI=1S/C22H21ClFN5O2/c1-14(20(25)30)17-5-2-3-6-19(17)28-21-18(24)13-26-22(29-21)27-15-7-9-16(10-8-15)31-12-4-11-23/h2-3,5-10,13H,1,4,11-12H2,(H2,25,30)(H2,26,27,28,29). The third-order valence-corrected chi connectivity index (χ3v) is 4.47. The Morgan fingerprint density at radius 3 is 2.61 bits per heavy atom. The molecule has 7 nitrogen and oxygen atoms in total. The van der Waals surface area contributed by atoms with E-state index < -0.39 is 11.7 Å². The van der Waals surface area contributed by atoms with Gasteiger partial charge in [0.05, 0.1) is 12.8 Å². The SMILES string of the molecule is C=C(C(N)=O)c1ccccc1Nc1nc(Nc2ccc(OCCCCl)cc2)ncc1F. The number of para-hydroxylation sites is 1. The first-order chi connectivity index (χ1) is 15.0. The summed E-state index contributed by atoms with van der Waals surface area (Å²) >= 11 is 5.64. The van der Waals surface area contributed by atoms with Crippen LogP contribution in [0.5, 0.6) is 5.75 Å². The van der Waals surface area contributed by atoms with E-state index in [4.69, 9.17) is 22.1 Å². The third-order valence-electron chi connectivity index (χ3n) is 4.20. The van der Waals surface area contributed by atoms with Crippen LogP contribution in [-0.2, 0) is 4.79 Å². The zero-order chi connectivity index (χ0) is 22.2. The lowest BCUT2D eigenvalue weighted by molar-refractivity contribution is -0.112. The highest BCUT2D eigenvalue weighted by molar-refractivity contribution is 6.19. The zero-order valence-electron chi connectivity index (χ0n) is 16.6. The molecule has 0 atom stereocenters. The maximum atomic E-state index is 14.3. The molecule has 2 aromatic carbocycles. The fourth-order valence-corrected chi connectivity index (χ4v) is 2.75. The van der Waals surface area contributed by atoms with Gasteiger partial charge in [-0.25, -0.2) is 9.37 Å². The second kappa shape index (κ2) is 10.4. The lowest BCUT2D eigenvalue weighted by atomic mass is 10.0. The first-order valence-electron chi connectivity index (χ1n) is 9.41. The molecular formula is C22H21ClFN5O2. The van der Waals surface area contributed by atoms with Gasteiger partial charge in [-0.2, -0.15) is 4.98 Å². The number of hydrogen-bond acceptors (Lipinski definition) is 6. The Balaban J connectivity index is 1.76. The molecule has 0 aliphatic heterocycles.